The summed E-state index contributed by atoms with van der Waals surface area (Å²) in [5, 5.41) is 3.03. The first-order chi connectivity index (χ1) is 14.5. The Balaban J connectivity index is 1.37. The first-order valence-corrected chi connectivity index (χ1v) is 10.6. The molecule has 1 fully saturated rings. The minimum atomic E-state index is 0.0823. The van der Waals surface area contributed by atoms with E-state index in [9.17, 15) is 9.70 Å². The van der Waals surface area contributed by atoms with Crippen molar-refractivity contribution < 1.29 is 4.79 Å². The SMILES string of the molecule is Cc1ccn(N=O)c1-c1nc2cc3c(cc2[nH]1)CN(CC(C)CN1CCCC1)C3=O. The number of hydrogen-bond donors (Lipinski definition) is 1. The van der Waals surface area contributed by atoms with E-state index in [1.165, 1.54) is 30.6 Å². The van der Waals surface area contributed by atoms with Gasteiger partial charge in [-0.05, 0) is 68.1 Å². The molecule has 8 heteroatoms. The molecule has 5 rings (SSSR count). The quantitative estimate of drug-likeness (QED) is 0.634. The fourth-order valence-corrected chi connectivity index (χ4v) is 4.86. The summed E-state index contributed by atoms with van der Waals surface area (Å²) in [6, 6.07) is 5.71. The number of amides is 1. The van der Waals surface area contributed by atoms with Crippen molar-refractivity contribution in [1.82, 2.24) is 24.4 Å². The number of hydrogen-bond acceptors (Lipinski definition) is 5. The molecule has 1 saturated heterocycles. The number of nitrogens with zero attached hydrogens (tertiary/aromatic N) is 5. The summed E-state index contributed by atoms with van der Waals surface area (Å²) in [5.74, 6) is 1.11. The highest BCUT2D eigenvalue weighted by molar-refractivity contribution is 6.01. The number of carbonyl (C=O) groups excluding carboxylic acids is 1. The van der Waals surface area contributed by atoms with Crippen LogP contribution in [0.1, 0.15) is 41.3 Å². The smallest absolute Gasteiger partial charge is 0.254 e. The van der Waals surface area contributed by atoms with Gasteiger partial charge in [0, 0.05) is 31.4 Å². The van der Waals surface area contributed by atoms with Crippen LogP contribution in [0, 0.1) is 17.7 Å². The molecule has 0 aliphatic carbocycles. The second-order valence-electron chi connectivity index (χ2n) is 8.68. The Morgan fingerprint density at radius 1 is 1.23 bits per heavy atom. The maximum Gasteiger partial charge on any atom is 0.254 e. The van der Waals surface area contributed by atoms with E-state index in [2.05, 4.69) is 27.1 Å². The molecule has 1 amide bonds. The number of aromatic amines is 1. The maximum absolute atomic E-state index is 13.0. The average Bonchev–Trinajstić information content (AvgIpc) is 3.48. The summed E-state index contributed by atoms with van der Waals surface area (Å²) in [6.45, 7) is 8.96. The summed E-state index contributed by atoms with van der Waals surface area (Å²) < 4.78 is 1.27. The van der Waals surface area contributed by atoms with Gasteiger partial charge in [-0.1, -0.05) is 6.92 Å². The second-order valence-corrected chi connectivity index (χ2v) is 8.68. The Bertz CT molecular complexity index is 1120. The largest absolute Gasteiger partial charge is 0.337 e. The van der Waals surface area contributed by atoms with Crippen molar-refractivity contribution in [1.29, 1.82) is 0 Å². The summed E-state index contributed by atoms with van der Waals surface area (Å²) in [6.07, 6.45) is 4.19. The topological polar surface area (TPSA) is 86.6 Å². The fraction of sp³-hybridized carbons (Fsp3) is 0.455. The number of likely N-dealkylation sites (tertiary alicyclic amines) is 1. The molecular weight excluding hydrogens is 380 g/mol. The second kappa shape index (κ2) is 7.36. The summed E-state index contributed by atoms with van der Waals surface area (Å²) in [7, 11) is 0. The first-order valence-electron chi connectivity index (χ1n) is 10.6. The molecule has 1 unspecified atom stereocenters. The van der Waals surface area contributed by atoms with Crippen LogP contribution in [-0.4, -0.2) is 56.5 Å². The molecule has 0 spiro atoms. The van der Waals surface area contributed by atoms with Crippen LogP contribution >= 0.6 is 0 Å². The van der Waals surface area contributed by atoms with Crippen LogP contribution in [0.2, 0.25) is 0 Å². The van der Waals surface area contributed by atoms with Crippen LogP contribution in [0.4, 0.5) is 0 Å². The van der Waals surface area contributed by atoms with Crippen molar-refractivity contribution in [3.8, 4) is 11.5 Å². The molecule has 3 aromatic rings. The predicted molar refractivity (Wildman–Crippen MR) is 115 cm³/mol. The number of benzene rings is 1. The van der Waals surface area contributed by atoms with Gasteiger partial charge in [0.15, 0.2) is 5.82 Å². The third-order valence-electron chi connectivity index (χ3n) is 6.27. The Labute approximate surface area is 174 Å². The Morgan fingerprint density at radius 2 is 2.03 bits per heavy atom. The van der Waals surface area contributed by atoms with Gasteiger partial charge in [-0.2, -0.15) is 0 Å². The number of fused-ring (bicyclic) bond motifs is 2. The van der Waals surface area contributed by atoms with Crippen LogP contribution in [0.15, 0.2) is 29.7 Å². The van der Waals surface area contributed by atoms with Crippen molar-refractivity contribution in [2.75, 3.05) is 26.2 Å². The number of H-pyrrole nitrogens is 1. The number of nitrogens with one attached hydrogen (secondary N) is 1. The van der Waals surface area contributed by atoms with Crippen LogP contribution < -0.4 is 0 Å². The molecule has 2 aromatic heterocycles. The lowest BCUT2D eigenvalue weighted by Gasteiger charge is -2.24. The van der Waals surface area contributed by atoms with E-state index in [0.717, 1.165) is 40.8 Å². The van der Waals surface area contributed by atoms with Crippen molar-refractivity contribution in [2.24, 2.45) is 11.2 Å². The normalized spacial score (nSPS) is 17.8. The zero-order chi connectivity index (χ0) is 20.8. The van der Waals surface area contributed by atoms with Gasteiger partial charge in [-0.3, -0.25) is 4.79 Å². The van der Waals surface area contributed by atoms with Gasteiger partial charge in [-0.25, -0.2) is 9.66 Å². The molecule has 1 N–H and O–H groups in total. The average molecular weight is 406 g/mol. The van der Waals surface area contributed by atoms with Crippen LogP contribution in [0.3, 0.4) is 0 Å². The van der Waals surface area contributed by atoms with E-state index in [0.29, 0.717) is 24.0 Å². The van der Waals surface area contributed by atoms with Crippen molar-refractivity contribution in [3.63, 3.8) is 0 Å². The Morgan fingerprint density at radius 3 is 2.80 bits per heavy atom. The van der Waals surface area contributed by atoms with Crippen LogP contribution in [0.5, 0.6) is 0 Å². The number of aryl methyl sites for hydroxylation is 1. The monoisotopic (exact) mass is 406 g/mol. The Hall–Kier alpha value is -3.00. The predicted octanol–water partition coefficient (Wildman–Crippen LogP) is 3.56. The lowest BCUT2D eigenvalue weighted by atomic mass is 10.1. The van der Waals surface area contributed by atoms with E-state index in [4.69, 9.17) is 0 Å². The molecule has 0 radical (unpaired) electrons. The zero-order valence-corrected chi connectivity index (χ0v) is 17.4. The molecule has 0 bridgehead atoms. The van der Waals surface area contributed by atoms with Gasteiger partial charge in [0.1, 0.15) is 5.69 Å². The number of nitroso groups, excluding NO2 is 1. The van der Waals surface area contributed by atoms with Crippen LogP contribution in [-0.2, 0) is 6.54 Å². The van der Waals surface area contributed by atoms with E-state index in [1.54, 1.807) is 6.20 Å². The first kappa shape index (κ1) is 19.0. The highest BCUT2D eigenvalue weighted by Gasteiger charge is 2.30. The number of aromatic nitrogens is 3. The van der Waals surface area contributed by atoms with Gasteiger partial charge in [0.2, 0.25) is 0 Å². The molecule has 8 nitrogen and oxygen atoms in total. The lowest BCUT2D eigenvalue weighted by Crippen LogP contribution is -2.34. The van der Waals surface area contributed by atoms with Crippen molar-refractivity contribution >= 4 is 16.9 Å². The van der Waals surface area contributed by atoms with E-state index in [1.807, 2.05) is 30.0 Å². The summed E-state index contributed by atoms with van der Waals surface area (Å²) in [5.41, 5.74) is 4.90. The molecule has 4 heterocycles. The molecule has 30 heavy (non-hydrogen) atoms. The van der Waals surface area contributed by atoms with E-state index in [-0.39, 0.29) is 5.91 Å². The highest BCUT2D eigenvalue weighted by Crippen LogP contribution is 2.30. The molecule has 2 aliphatic rings. The number of carbonyl (C=O) groups is 1. The molecule has 0 saturated carbocycles. The third kappa shape index (κ3) is 3.21. The maximum atomic E-state index is 13.0. The molecule has 2 aliphatic heterocycles. The highest BCUT2D eigenvalue weighted by atomic mass is 16.3. The Kier molecular flexibility index (Phi) is 4.66. The van der Waals surface area contributed by atoms with E-state index < -0.39 is 0 Å². The molecule has 156 valence electrons. The van der Waals surface area contributed by atoms with Crippen LogP contribution in [0.25, 0.3) is 22.6 Å². The lowest BCUT2D eigenvalue weighted by molar-refractivity contribution is 0.0745. The van der Waals surface area contributed by atoms with Gasteiger partial charge >= 0.3 is 0 Å². The van der Waals surface area contributed by atoms with E-state index >= 15 is 0 Å². The fourth-order valence-electron chi connectivity index (χ4n) is 4.86. The number of imidazole rings is 1. The zero-order valence-electron chi connectivity index (χ0n) is 17.4. The third-order valence-corrected chi connectivity index (χ3v) is 6.27. The molecule has 1 atom stereocenters. The van der Waals surface area contributed by atoms with Gasteiger partial charge < -0.3 is 14.8 Å². The summed E-state index contributed by atoms with van der Waals surface area (Å²) in [4.78, 5) is 36.5. The van der Waals surface area contributed by atoms with Crippen molar-refractivity contribution in [2.45, 2.75) is 33.2 Å². The van der Waals surface area contributed by atoms with Gasteiger partial charge in [0.05, 0.1) is 16.3 Å². The minimum Gasteiger partial charge on any atom is -0.337 e. The van der Waals surface area contributed by atoms with Gasteiger partial charge in [-0.15, -0.1) is 4.91 Å². The van der Waals surface area contributed by atoms with Gasteiger partial charge in [0.25, 0.3) is 5.91 Å². The number of rotatable bonds is 6. The minimum absolute atomic E-state index is 0.0823. The van der Waals surface area contributed by atoms with Crippen molar-refractivity contribution in [3.05, 3.63) is 46.0 Å². The molecule has 1 aromatic carbocycles. The summed E-state index contributed by atoms with van der Waals surface area (Å²) >= 11 is 0. The standard InChI is InChI=1S/C22H26N6O2/c1-14(11-26-6-3-4-7-26)12-27-13-16-9-18-19(10-17(16)22(27)29)24-21(23-18)20-15(2)5-8-28(20)25-30/h5,8-10,14H,3-4,6-7,11-13H2,1-2H3,(H,23,24). The molecular formula is C22H26N6O2.